The van der Waals surface area contributed by atoms with Gasteiger partial charge in [-0.25, -0.2) is 9.78 Å². The summed E-state index contributed by atoms with van der Waals surface area (Å²) in [5, 5.41) is 1.25. The van der Waals surface area contributed by atoms with Gasteiger partial charge in [-0.1, -0.05) is 12.1 Å². The largest absolute Gasteiger partial charge is 0.459 e. The monoisotopic (exact) mass is 432 g/mol. The lowest BCUT2D eigenvalue weighted by Crippen LogP contribution is -2.39. The molecule has 3 aliphatic rings. The van der Waals surface area contributed by atoms with Crippen LogP contribution in [0.5, 0.6) is 0 Å². The van der Waals surface area contributed by atoms with Gasteiger partial charge in [-0.15, -0.1) is 0 Å². The number of ether oxygens (including phenoxy) is 2. The molecule has 1 amide bonds. The topological polar surface area (TPSA) is 68.7 Å². The highest BCUT2D eigenvalue weighted by molar-refractivity contribution is 5.93. The second-order valence-corrected chi connectivity index (χ2v) is 9.80. The highest BCUT2D eigenvalue weighted by Crippen LogP contribution is 2.41. The van der Waals surface area contributed by atoms with Gasteiger partial charge < -0.3 is 14.4 Å². The molecule has 0 N–H and O–H groups in total. The van der Waals surface area contributed by atoms with Gasteiger partial charge in [0.15, 0.2) is 6.10 Å². The molecule has 0 fully saturated rings. The Balaban J connectivity index is 1.69. The number of hydrogen-bond donors (Lipinski definition) is 0. The summed E-state index contributed by atoms with van der Waals surface area (Å²) in [6.45, 7) is 8.38. The Kier molecular flexibility index (Phi) is 4.93. The predicted octanol–water partition coefficient (Wildman–Crippen LogP) is 4.09. The lowest BCUT2D eigenvalue weighted by Gasteiger charge is -2.31. The Morgan fingerprint density at radius 3 is 2.78 bits per heavy atom. The van der Waals surface area contributed by atoms with E-state index in [0.29, 0.717) is 6.54 Å². The van der Waals surface area contributed by atoms with Crippen molar-refractivity contribution in [3.8, 4) is 0 Å². The van der Waals surface area contributed by atoms with E-state index in [4.69, 9.17) is 14.5 Å². The highest BCUT2D eigenvalue weighted by Gasteiger charge is 2.36. The predicted molar refractivity (Wildman–Crippen MR) is 122 cm³/mol. The van der Waals surface area contributed by atoms with E-state index in [1.54, 1.807) is 4.90 Å². The molecule has 2 aromatic rings. The zero-order valence-corrected chi connectivity index (χ0v) is 19.0. The van der Waals surface area contributed by atoms with Gasteiger partial charge in [0.25, 0.3) is 0 Å². The second-order valence-electron chi connectivity index (χ2n) is 9.80. The number of amides is 1. The SMILES string of the molecule is CC1=C(/C=C2/c3nc4cccc5c4c(c3CN2C=O)CCC5)C(OC(C)(C)C)C(=O)OC1. The normalized spacial score (nSPS) is 21.9. The molecule has 0 saturated heterocycles. The van der Waals surface area contributed by atoms with Crippen molar-refractivity contribution in [2.45, 2.75) is 65.2 Å². The first kappa shape index (κ1) is 20.9. The standard InChI is InChI=1S/C26H28N2O4/c1-15-13-31-25(30)24(32-26(2,3)4)18(15)11-21-23-19(12-28(21)14-29)17-9-5-7-16-8-6-10-20(27-23)22(16)17/h6,8,10-11,14,24H,5,7,9,12-13H2,1-4H3/b21-11-. The van der Waals surface area contributed by atoms with Crippen LogP contribution in [0.1, 0.15) is 56.5 Å². The number of aromatic nitrogens is 1. The number of aryl methyl sites for hydroxylation is 2. The molecule has 1 aromatic carbocycles. The fourth-order valence-electron chi connectivity index (χ4n) is 4.97. The van der Waals surface area contributed by atoms with E-state index in [0.717, 1.165) is 59.3 Å². The van der Waals surface area contributed by atoms with Crippen LogP contribution < -0.4 is 0 Å². The lowest BCUT2D eigenvalue weighted by atomic mass is 9.87. The highest BCUT2D eigenvalue weighted by atomic mass is 16.6. The minimum Gasteiger partial charge on any atom is -0.459 e. The van der Waals surface area contributed by atoms with Crippen molar-refractivity contribution in [3.05, 3.63) is 57.8 Å². The molecule has 1 atom stereocenters. The molecule has 1 aromatic heterocycles. The molecule has 6 nitrogen and oxygen atoms in total. The van der Waals surface area contributed by atoms with E-state index >= 15 is 0 Å². The van der Waals surface area contributed by atoms with E-state index < -0.39 is 17.7 Å². The summed E-state index contributed by atoms with van der Waals surface area (Å²) in [5.74, 6) is -0.403. The van der Waals surface area contributed by atoms with Crippen LogP contribution in [0, 0.1) is 0 Å². The van der Waals surface area contributed by atoms with Crippen LogP contribution in [0.3, 0.4) is 0 Å². The average Bonchev–Trinajstić information content (AvgIpc) is 3.10. The molecule has 3 heterocycles. The van der Waals surface area contributed by atoms with E-state index in [1.165, 1.54) is 16.5 Å². The molecule has 1 unspecified atom stereocenters. The second kappa shape index (κ2) is 7.55. The molecule has 6 heteroatoms. The van der Waals surface area contributed by atoms with Crippen LogP contribution >= 0.6 is 0 Å². The van der Waals surface area contributed by atoms with Gasteiger partial charge >= 0.3 is 5.97 Å². The summed E-state index contributed by atoms with van der Waals surface area (Å²) in [6, 6.07) is 6.28. The third kappa shape index (κ3) is 3.43. The van der Waals surface area contributed by atoms with Gasteiger partial charge in [0.1, 0.15) is 6.61 Å². The van der Waals surface area contributed by atoms with E-state index in [1.807, 2.05) is 39.8 Å². The zero-order valence-electron chi connectivity index (χ0n) is 19.0. The van der Waals surface area contributed by atoms with Crippen LogP contribution in [-0.4, -0.2) is 40.6 Å². The summed E-state index contributed by atoms with van der Waals surface area (Å²) in [4.78, 5) is 31.4. The number of cyclic esters (lactones) is 1. The number of fused-ring (bicyclic) bond motifs is 2. The summed E-state index contributed by atoms with van der Waals surface area (Å²) < 4.78 is 11.4. The van der Waals surface area contributed by atoms with Crippen LogP contribution in [0.4, 0.5) is 0 Å². The maximum atomic E-state index is 12.6. The molecule has 32 heavy (non-hydrogen) atoms. The number of carbonyl (C=O) groups excluding carboxylic acids is 2. The van der Waals surface area contributed by atoms with Crippen molar-refractivity contribution in [2.75, 3.05) is 6.61 Å². The van der Waals surface area contributed by atoms with Crippen LogP contribution in [0.15, 0.2) is 35.4 Å². The molecule has 166 valence electrons. The van der Waals surface area contributed by atoms with Crippen molar-refractivity contribution in [1.29, 1.82) is 0 Å². The van der Waals surface area contributed by atoms with Gasteiger partial charge in [-0.05, 0) is 81.4 Å². The molecule has 0 radical (unpaired) electrons. The zero-order chi connectivity index (χ0) is 22.6. The van der Waals surface area contributed by atoms with Crippen LogP contribution in [0.2, 0.25) is 0 Å². The first-order valence-corrected chi connectivity index (χ1v) is 11.2. The Morgan fingerprint density at radius 1 is 1.22 bits per heavy atom. The third-order valence-electron chi connectivity index (χ3n) is 6.38. The van der Waals surface area contributed by atoms with Gasteiger partial charge in [0, 0.05) is 10.9 Å². The van der Waals surface area contributed by atoms with E-state index in [2.05, 4.69) is 12.1 Å². The van der Waals surface area contributed by atoms with Crippen molar-refractivity contribution >= 4 is 29.0 Å². The Morgan fingerprint density at radius 2 is 2.03 bits per heavy atom. The molecule has 0 spiro atoms. The number of nitrogens with zero attached hydrogens (tertiary/aromatic N) is 2. The van der Waals surface area contributed by atoms with E-state index in [9.17, 15) is 9.59 Å². The van der Waals surface area contributed by atoms with Crippen molar-refractivity contribution < 1.29 is 19.1 Å². The Bertz CT molecular complexity index is 1200. The van der Waals surface area contributed by atoms with Gasteiger partial charge in [0.2, 0.25) is 6.41 Å². The Labute approximate surface area is 187 Å². The van der Waals surface area contributed by atoms with Gasteiger partial charge in [-0.3, -0.25) is 4.79 Å². The summed E-state index contributed by atoms with van der Waals surface area (Å²) in [7, 11) is 0. The molecule has 0 saturated carbocycles. The third-order valence-corrected chi connectivity index (χ3v) is 6.38. The maximum Gasteiger partial charge on any atom is 0.340 e. The van der Waals surface area contributed by atoms with E-state index in [-0.39, 0.29) is 6.61 Å². The number of pyridine rings is 1. The first-order valence-electron chi connectivity index (χ1n) is 11.2. The molecule has 1 aliphatic carbocycles. The minimum absolute atomic E-state index is 0.218. The Hall–Kier alpha value is -2.99. The molecular formula is C26H28N2O4. The van der Waals surface area contributed by atoms with Crippen molar-refractivity contribution in [1.82, 2.24) is 9.88 Å². The van der Waals surface area contributed by atoms with Crippen LogP contribution in [0.25, 0.3) is 16.6 Å². The minimum atomic E-state index is -0.834. The van der Waals surface area contributed by atoms with Crippen molar-refractivity contribution in [2.24, 2.45) is 0 Å². The number of carbonyl (C=O) groups is 2. The first-order chi connectivity index (χ1) is 15.3. The smallest absolute Gasteiger partial charge is 0.340 e. The fraction of sp³-hybridized carbons (Fsp3) is 0.423. The molecule has 0 bridgehead atoms. The number of rotatable bonds is 3. The molecule has 5 rings (SSSR count). The number of esters is 1. The lowest BCUT2D eigenvalue weighted by molar-refractivity contribution is -0.163. The summed E-state index contributed by atoms with van der Waals surface area (Å²) in [6.07, 6.45) is 5.07. The van der Waals surface area contributed by atoms with Crippen molar-refractivity contribution in [3.63, 3.8) is 0 Å². The number of benzene rings is 1. The fourth-order valence-corrected chi connectivity index (χ4v) is 4.97. The molecule has 2 aliphatic heterocycles. The summed E-state index contributed by atoms with van der Waals surface area (Å²) in [5.41, 5.74) is 7.39. The summed E-state index contributed by atoms with van der Waals surface area (Å²) >= 11 is 0. The average molecular weight is 433 g/mol. The molecular weight excluding hydrogens is 404 g/mol. The van der Waals surface area contributed by atoms with Crippen LogP contribution in [-0.2, 0) is 38.4 Å². The quantitative estimate of drug-likeness (QED) is 0.540. The van der Waals surface area contributed by atoms with Gasteiger partial charge in [-0.2, -0.15) is 0 Å². The maximum absolute atomic E-state index is 12.6. The number of hydrogen-bond acceptors (Lipinski definition) is 5. The van der Waals surface area contributed by atoms with Gasteiger partial charge in [0.05, 0.1) is 29.1 Å².